The molecule has 22 heavy (non-hydrogen) atoms. The van der Waals surface area contributed by atoms with Crippen molar-refractivity contribution in [2.45, 2.75) is 44.7 Å². The molecule has 3 unspecified atom stereocenters. The van der Waals surface area contributed by atoms with Gasteiger partial charge >= 0.3 is 0 Å². The molecule has 0 bridgehead atoms. The highest BCUT2D eigenvalue weighted by atomic mass is 35.5. The van der Waals surface area contributed by atoms with Crippen molar-refractivity contribution in [2.75, 3.05) is 6.54 Å². The summed E-state index contributed by atoms with van der Waals surface area (Å²) in [4.78, 5) is 12.4. The molecular weight excluding hydrogens is 300 g/mol. The molecule has 1 amide bonds. The number of benzene rings is 1. The smallest absolute Gasteiger partial charge is 0.230 e. The molecule has 1 aromatic heterocycles. The van der Waals surface area contributed by atoms with Crippen LogP contribution in [0.3, 0.4) is 0 Å². The van der Waals surface area contributed by atoms with Gasteiger partial charge < -0.3 is 15.1 Å². The Labute approximate surface area is 137 Å². The van der Waals surface area contributed by atoms with Crippen molar-refractivity contribution in [3.05, 3.63) is 36.1 Å². The van der Waals surface area contributed by atoms with Crippen LogP contribution in [0.4, 0.5) is 0 Å². The number of fused-ring (bicyclic) bond motifs is 1. The van der Waals surface area contributed by atoms with Crippen molar-refractivity contribution in [2.24, 2.45) is 0 Å². The number of amides is 1. The number of hydrogen-bond acceptors (Lipinski definition) is 3. The number of para-hydroxylation sites is 1. The average Bonchev–Trinajstić information content (AvgIpc) is 2.92. The molecule has 0 radical (unpaired) electrons. The normalized spacial score (nSPS) is 22.8. The zero-order valence-electron chi connectivity index (χ0n) is 13.0. The lowest BCUT2D eigenvalue weighted by atomic mass is 9.98. The first kappa shape index (κ1) is 16.8. The van der Waals surface area contributed by atoms with Crippen LogP contribution in [-0.4, -0.2) is 24.5 Å². The van der Waals surface area contributed by atoms with E-state index in [-0.39, 0.29) is 30.3 Å². The fourth-order valence-corrected chi connectivity index (χ4v) is 2.89. The van der Waals surface area contributed by atoms with E-state index in [1.807, 2.05) is 37.3 Å². The van der Waals surface area contributed by atoms with E-state index < -0.39 is 0 Å². The molecule has 2 aromatic rings. The molecule has 4 nitrogen and oxygen atoms in total. The Balaban J connectivity index is 0.00000176. The molecule has 2 heterocycles. The molecule has 1 saturated heterocycles. The number of furan rings is 1. The highest BCUT2D eigenvalue weighted by Crippen LogP contribution is 2.25. The third kappa shape index (κ3) is 3.45. The molecule has 1 aliphatic rings. The maximum Gasteiger partial charge on any atom is 0.230 e. The van der Waals surface area contributed by atoms with Crippen LogP contribution >= 0.6 is 12.4 Å². The van der Waals surface area contributed by atoms with Crippen LogP contribution in [0.25, 0.3) is 11.0 Å². The number of halogens is 1. The molecule has 1 aromatic carbocycles. The Hall–Kier alpha value is -1.52. The summed E-state index contributed by atoms with van der Waals surface area (Å²) in [5.41, 5.74) is 0.833. The van der Waals surface area contributed by atoms with E-state index in [1.165, 1.54) is 0 Å². The van der Waals surface area contributed by atoms with Gasteiger partial charge in [-0.15, -0.1) is 12.4 Å². The molecule has 3 atom stereocenters. The largest absolute Gasteiger partial charge is 0.460 e. The maximum atomic E-state index is 12.4. The van der Waals surface area contributed by atoms with Gasteiger partial charge in [0.1, 0.15) is 11.3 Å². The van der Waals surface area contributed by atoms with Gasteiger partial charge in [0, 0.05) is 17.5 Å². The van der Waals surface area contributed by atoms with Crippen LogP contribution in [0.5, 0.6) is 0 Å². The van der Waals surface area contributed by atoms with Crippen LogP contribution < -0.4 is 10.6 Å². The van der Waals surface area contributed by atoms with Gasteiger partial charge in [-0.3, -0.25) is 4.79 Å². The van der Waals surface area contributed by atoms with E-state index in [2.05, 4.69) is 17.6 Å². The highest BCUT2D eigenvalue weighted by Gasteiger charge is 2.26. The first-order chi connectivity index (χ1) is 10.1. The van der Waals surface area contributed by atoms with Gasteiger partial charge in [0.05, 0.1) is 5.92 Å². The molecule has 0 aliphatic carbocycles. The predicted molar refractivity (Wildman–Crippen MR) is 90.5 cm³/mol. The molecule has 1 aliphatic heterocycles. The van der Waals surface area contributed by atoms with Crippen LogP contribution in [-0.2, 0) is 4.79 Å². The summed E-state index contributed by atoms with van der Waals surface area (Å²) in [7, 11) is 0. The van der Waals surface area contributed by atoms with Gasteiger partial charge in [0.15, 0.2) is 0 Å². The van der Waals surface area contributed by atoms with E-state index in [1.54, 1.807) is 0 Å². The van der Waals surface area contributed by atoms with Crippen molar-refractivity contribution < 1.29 is 9.21 Å². The predicted octanol–water partition coefficient (Wildman–Crippen LogP) is 3.21. The molecule has 120 valence electrons. The molecule has 5 heteroatoms. The lowest BCUT2D eigenvalue weighted by Crippen LogP contribution is -2.52. The van der Waals surface area contributed by atoms with Crippen LogP contribution in [0.2, 0.25) is 0 Å². The van der Waals surface area contributed by atoms with Gasteiger partial charge in [0.2, 0.25) is 5.91 Å². The highest BCUT2D eigenvalue weighted by molar-refractivity contribution is 5.86. The fourth-order valence-electron chi connectivity index (χ4n) is 2.89. The Morgan fingerprint density at radius 3 is 2.91 bits per heavy atom. The van der Waals surface area contributed by atoms with Gasteiger partial charge in [-0.25, -0.2) is 0 Å². The van der Waals surface area contributed by atoms with E-state index in [4.69, 9.17) is 4.42 Å². The summed E-state index contributed by atoms with van der Waals surface area (Å²) in [6.07, 6.45) is 2.14. The van der Waals surface area contributed by atoms with Gasteiger partial charge in [0.25, 0.3) is 0 Å². The monoisotopic (exact) mass is 322 g/mol. The minimum Gasteiger partial charge on any atom is -0.460 e. The van der Waals surface area contributed by atoms with Crippen LogP contribution in [0, 0.1) is 0 Å². The van der Waals surface area contributed by atoms with Crippen molar-refractivity contribution in [1.29, 1.82) is 0 Å². The van der Waals surface area contributed by atoms with E-state index in [0.29, 0.717) is 6.04 Å². The Morgan fingerprint density at radius 2 is 2.18 bits per heavy atom. The first-order valence-electron chi connectivity index (χ1n) is 7.67. The Bertz CT molecular complexity index is 607. The molecular formula is C17H23ClN2O2. The van der Waals surface area contributed by atoms with Crippen molar-refractivity contribution >= 4 is 29.3 Å². The molecule has 3 rings (SSSR count). The molecule has 0 saturated carbocycles. The first-order valence-corrected chi connectivity index (χ1v) is 7.67. The summed E-state index contributed by atoms with van der Waals surface area (Å²) < 4.78 is 5.79. The minimum absolute atomic E-state index is 0. The van der Waals surface area contributed by atoms with E-state index in [9.17, 15) is 4.79 Å². The average molecular weight is 323 g/mol. The molecule has 0 spiro atoms. The second-order valence-corrected chi connectivity index (χ2v) is 5.91. The summed E-state index contributed by atoms with van der Waals surface area (Å²) >= 11 is 0. The molecule has 2 N–H and O–H groups in total. The van der Waals surface area contributed by atoms with Crippen LogP contribution in [0.1, 0.15) is 38.4 Å². The molecule has 1 fully saturated rings. The Morgan fingerprint density at radius 1 is 1.41 bits per heavy atom. The fraction of sp³-hybridized carbons (Fsp3) is 0.471. The second kappa shape index (κ2) is 7.16. The van der Waals surface area contributed by atoms with E-state index in [0.717, 1.165) is 36.1 Å². The standard InChI is InChI=1S/C17H22N2O2.ClH/c1-11(16-10-13-6-3-4-8-15(13)21-16)17(20)19-14-7-5-9-18-12(14)2;/h3-4,6,8,10-12,14,18H,5,7,9H2,1-2H3,(H,19,20);1H. The third-order valence-corrected chi connectivity index (χ3v) is 4.35. The van der Waals surface area contributed by atoms with Crippen LogP contribution in [0.15, 0.2) is 34.7 Å². The lowest BCUT2D eigenvalue weighted by molar-refractivity contribution is -0.123. The number of nitrogens with one attached hydrogen (secondary N) is 2. The Kier molecular flexibility index (Phi) is 5.48. The maximum absolute atomic E-state index is 12.4. The third-order valence-electron chi connectivity index (χ3n) is 4.35. The van der Waals surface area contributed by atoms with Crippen molar-refractivity contribution in [1.82, 2.24) is 10.6 Å². The number of hydrogen-bond donors (Lipinski definition) is 2. The second-order valence-electron chi connectivity index (χ2n) is 5.91. The SMILES string of the molecule is CC(C(=O)NC1CCCNC1C)c1cc2ccccc2o1.Cl. The van der Waals surface area contributed by atoms with Crippen molar-refractivity contribution in [3.63, 3.8) is 0 Å². The topological polar surface area (TPSA) is 54.3 Å². The van der Waals surface area contributed by atoms with Crippen molar-refractivity contribution in [3.8, 4) is 0 Å². The van der Waals surface area contributed by atoms with E-state index >= 15 is 0 Å². The van der Waals surface area contributed by atoms with Gasteiger partial charge in [-0.2, -0.15) is 0 Å². The summed E-state index contributed by atoms with van der Waals surface area (Å²) in [5, 5.41) is 7.59. The van der Waals surface area contributed by atoms with Gasteiger partial charge in [-0.05, 0) is 45.4 Å². The summed E-state index contributed by atoms with van der Waals surface area (Å²) in [6.45, 7) is 5.05. The lowest BCUT2D eigenvalue weighted by Gasteiger charge is -2.31. The summed E-state index contributed by atoms with van der Waals surface area (Å²) in [6, 6.07) is 10.3. The number of carbonyl (C=O) groups is 1. The zero-order valence-corrected chi connectivity index (χ0v) is 13.8. The zero-order chi connectivity index (χ0) is 14.8. The number of piperidine rings is 1. The quantitative estimate of drug-likeness (QED) is 0.912. The number of carbonyl (C=O) groups excluding carboxylic acids is 1. The minimum atomic E-state index is -0.272. The summed E-state index contributed by atoms with van der Waals surface area (Å²) in [5.74, 6) is 0.492. The number of rotatable bonds is 3. The van der Waals surface area contributed by atoms with Gasteiger partial charge in [-0.1, -0.05) is 18.2 Å².